The van der Waals surface area contributed by atoms with Gasteiger partial charge < -0.3 is 5.32 Å². The molecular formula is C21H15F3N4. The maximum absolute atomic E-state index is 12.7. The van der Waals surface area contributed by atoms with Crippen LogP contribution in [0.1, 0.15) is 11.1 Å². The molecule has 0 aliphatic carbocycles. The number of hydrogen-bond acceptors (Lipinski definition) is 4. The predicted octanol–water partition coefficient (Wildman–Crippen LogP) is 5.76. The van der Waals surface area contributed by atoms with Crippen molar-refractivity contribution >= 4 is 22.4 Å². The molecule has 1 N–H and O–H groups in total. The summed E-state index contributed by atoms with van der Waals surface area (Å²) in [5, 5.41) is 12.2. The number of benzene rings is 2. The Bertz CT molecular complexity index is 1140. The van der Waals surface area contributed by atoms with Crippen LogP contribution in [0, 0.1) is 6.92 Å². The molecule has 4 rings (SSSR count). The van der Waals surface area contributed by atoms with Gasteiger partial charge in [-0.1, -0.05) is 18.2 Å². The first kappa shape index (κ1) is 17.9. The van der Waals surface area contributed by atoms with E-state index in [1.165, 1.54) is 18.3 Å². The van der Waals surface area contributed by atoms with Gasteiger partial charge in [-0.25, -0.2) is 0 Å². The van der Waals surface area contributed by atoms with Crippen LogP contribution >= 0.6 is 0 Å². The lowest BCUT2D eigenvalue weighted by Gasteiger charge is -2.11. The van der Waals surface area contributed by atoms with Crippen molar-refractivity contribution in [3.63, 3.8) is 0 Å². The van der Waals surface area contributed by atoms with Gasteiger partial charge in [-0.2, -0.15) is 18.3 Å². The number of fused-ring (bicyclic) bond motifs is 1. The van der Waals surface area contributed by atoms with Gasteiger partial charge in [0.05, 0.1) is 17.3 Å². The molecule has 4 nitrogen and oxygen atoms in total. The van der Waals surface area contributed by atoms with Crippen LogP contribution < -0.4 is 5.32 Å². The van der Waals surface area contributed by atoms with Gasteiger partial charge in [0.15, 0.2) is 5.82 Å². The molecule has 0 unspecified atom stereocenters. The number of nitrogens with one attached hydrogen (secondary N) is 1. The summed E-state index contributed by atoms with van der Waals surface area (Å²) in [5.41, 5.74) is 3.32. The maximum Gasteiger partial charge on any atom is 0.416 e. The molecule has 7 heteroatoms. The zero-order chi connectivity index (χ0) is 19.7. The lowest BCUT2D eigenvalue weighted by Crippen LogP contribution is -2.04. The average molecular weight is 380 g/mol. The van der Waals surface area contributed by atoms with Crippen LogP contribution in [0.4, 0.5) is 24.7 Å². The van der Waals surface area contributed by atoms with Crippen LogP contribution in [0.25, 0.3) is 22.0 Å². The molecule has 0 aliphatic rings. The highest BCUT2D eigenvalue weighted by Gasteiger charge is 2.29. The fourth-order valence-corrected chi connectivity index (χ4v) is 2.94. The summed E-state index contributed by atoms with van der Waals surface area (Å²) in [6.07, 6.45) is -1.04. The van der Waals surface area contributed by atoms with Crippen molar-refractivity contribution in [2.45, 2.75) is 13.1 Å². The average Bonchev–Trinajstić information content (AvgIpc) is 2.68. The molecule has 2 heterocycles. The molecule has 0 radical (unpaired) electrons. The molecule has 0 saturated heterocycles. The predicted molar refractivity (Wildman–Crippen MR) is 102 cm³/mol. The van der Waals surface area contributed by atoms with Gasteiger partial charge in [-0.3, -0.25) is 4.98 Å². The Balaban J connectivity index is 1.66. The van der Waals surface area contributed by atoms with Crippen LogP contribution in [-0.4, -0.2) is 15.2 Å². The molecule has 0 saturated carbocycles. The molecule has 0 atom stereocenters. The van der Waals surface area contributed by atoms with Gasteiger partial charge in [0.1, 0.15) is 0 Å². The number of aromatic nitrogens is 3. The molecule has 2 aromatic heterocycles. The number of nitrogens with zero attached hydrogens (tertiary/aromatic N) is 3. The summed E-state index contributed by atoms with van der Waals surface area (Å²) in [6, 6.07) is 14.5. The van der Waals surface area contributed by atoms with E-state index in [-0.39, 0.29) is 0 Å². The second-order valence-electron chi connectivity index (χ2n) is 6.41. The van der Waals surface area contributed by atoms with E-state index in [1.54, 1.807) is 12.3 Å². The quantitative estimate of drug-likeness (QED) is 0.491. The van der Waals surface area contributed by atoms with E-state index in [1.807, 2.05) is 31.2 Å². The third-order valence-electron chi connectivity index (χ3n) is 4.33. The van der Waals surface area contributed by atoms with Crippen molar-refractivity contribution in [3.8, 4) is 11.1 Å². The Morgan fingerprint density at radius 1 is 0.893 bits per heavy atom. The fraction of sp³-hybridized carbons (Fsp3) is 0.0952. The first-order valence-corrected chi connectivity index (χ1v) is 8.53. The molecule has 140 valence electrons. The van der Waals surface area contributed by atoms with E-state index in [4.69, 9.17) is 0 Å². The van der Waals surface area contributed by atoms with Gasteiger partial charge in [0.25, 0.3) is 0 Å². The number of anilines is 2. The first-order valence-electron chi connectivity index (χ1n) is 8.53. The molecular weight excluding hydrogens is 365 g/mol. The standard InChI is InChI=1S/C21H15F3N4/c1-13-9-17-18(25-11-13)3-2-4-19(17)27-20-10-15(12-26-28-20)14-5-7-16(8-6-14)21(22,23)24/h2-12H,1H3,(H,27,28). The number of rotatable bonds is 3. The number of pyridine rings is 1. The van der Waals surface area contributed by atoms with Crippen LogP contribution in [0.15, 0.2) is 67.0 Å². The summed E-state index contributed by atoms with van der Waals surface area (Å²) in [7, 11) is 0. The minimum atomic E-state index is -4.36. The van der Waals surface area contributed by atoms with Crippen molar-refractivity contribution in [1.29, 1.82) is 0 Å². The van der Waals surface area contributed by atoms with E-state index in [2.05, 4.69) is 20.5 Å². The smallest absolute Gasteiger partial charge is 0.338 e. The lowest BCUT2D eigenvalue weighted by molar-refractivity contribution is -0.137. The van der Waals surface area contributed by atoms with Crippen molar-refractivity contribution in [2.75, 3.05) is 5.32 Å². The van der Waals surface area contributed by atoms with Crippen LogP contribution in [0.2, 0.25) is 0 Å². The molecule has 0 bridgehead atoms. The lowest BCUT2D eigenvalue weighted by atomic mass is 10.1. The third-order valence-corrected chi connectivity index (χ3v) is 4.33. The van der Waals surface area contributed by atoms with Crippen molar-refractivity contribution in [2.24, 2.45) is 0 Å². The highest BCUT2D eigenvalue weighted by Crippen LogP contribution is 2.31. The maximum atomic E-state index is 12.7. The Morgan fingerprint density at radius 3 is 2.43 bits per heavy atom. The summed E-state index contributed by atoms with van der Waals surface area (Å²) in [6.45, 7) is 1.97. The van der Waals surface area contributed by atoms with Crippen LogP contribution in [-0.2, 0) is 6.18 Å². The van der Waals surface area contributed by atoms with E-state index in [0.717, 1.165) is 34.3 Å². The Labute approximate surface area is 159 Å². The highest BCUT2D eigenvalue weighted by atomic mass is 19.4. The van der Waals surface area contributed by atoms with Gasteiger partial charge >= 0.3 is 6.18 Å². The number of hydrogen-bond donors (Lipinski definition) is 1. The zero-order valence-corrected chi connectivity index (χ0v) is 14.8. The summed E-state index contributed by atoms with van der Waals surface area (Å²) < 4.78 is 38.2. The first-order chi connectivity index (χ1) is 13.4. The summed E-state index contributed by atoms with van der Waals surface area (Å²) >= 11 is 0. The minimum Gasteiger partial charge on any atom is -0.338 e. The zero-order valence-electron chi connectivity index (χ0n) is 14.8. The van der Waals surface area contributed by atoms with Crippen LogP contribution in [0.3, 0.4) is 0 Å². The van der Waals surface area contributed by atoms with Crippen molar-refractivity contribution in [3.05, 3.63) is 78.1 Å². The van der Waals surface area contributed by atoms with E-state index in [9.17, 15) is 13.2 Å². The topological polar surface area (TPSA) is 50.7 Å². The summed E-state index contributed by atoms with van der Waals surface area (Å²) in [4.78, 5) is 4.41. The minimum absolute atomic E-state index is 0.492. The largest absolute Gasteiger partial charge is 0.416 e. The molecule has 2 aromatic carbocycles. The fourth-order valence-electron chi connectivity index (χ4n) is 2.94. The molecule has 0 amide bonds. The summed E-state index contributed by atoms with van der Waals surface area (Å²) in [5.74, 6) is 0.492. The van der Waals surface area contributed by atoms with Crippen LogP contribution in [0.5, 0.6) is 0 Å². The Kier molecular flexibility index (Phi) is 4.43. The van der Waals surface area contributed by atoms with Crippen molar-refractivity contribution in [1.82, 2.24) is 15.2 Å². The monoisotopic (exact) mass is 380 g/mol. The van der Waals surface area contributed by atoms with Gasteiger partial charge in [-0.05, 0) is 54.4 Å². The van der Waals surface area contributed by atoms with E-state index >= 15 is 0 Å². The Morgan fingerprint density at radius 2 is 1.68 bits per heavy atom. The number of aryl methyl sites for hydroxylation is 1. The normalized spacial score (nSPS) is 11.6. The van der Waals surface area contributed by atoms with Gasteiger partial charge in [0, 0.05) is 22.8 Å². The molecule has 28 heavy (non-hydrogen) atoms. The van der Waals surface area contributed by atoms with Crippen molar-refractivity contribution < 1.29 is 13.2 Å². The second-order valence-corrected chi connectivity index (χ2v) is 6.41. The van der Waals surface area contributed by atoms with Gasteiger partial charge in [-0.15, -0.1) is 5.10 Å². The molecule has 0 aliphatic heterocycles. The SMILES string of the molecule is Cc1cnc2cccc(Nc3cc(-c4ccc(C(F)(F)F)cc4)cnn3)c2c1. The molecule has 0 spiro atoms. The third kappa shape index (κ3) is 3.64. The number of alkyl halides is 3. The Hall–Kier alpha value is -3.48. The second kappa shape index (κ2) is 6.92. The molecule has 0 fully saturated rings. The molecule has 4 aromatic rings. The number of halogens is 3. The van der Waals surface area contributed by atoms with E-state index in [0.29, 0.717) is 16.9 Å². The highest BCUT2D eigenvalue weighted by molar-refractivity contribution is 5.93. The van der Waals surface area contributed by atoms with E-state index < -0.39 is 11.7 Å². The van der Waals surface area contributed by atoms with Gasteiger partial charge in [0.2, 0.25) is 0 Å².